The van der Waals surface area contributed by atoms with Crippen LogP contribution in [0.1, 0.15) is 46.5 Å². The number of hydrogen-bond acceptors (Lipinski definition) is 3. The molecule has 1 amide bonds. The van der Waals surface area contributed by atoms with Crippen LogP contribution in [-0.2, 0) is 4.74 Å². The van der Waals surface area contributed by atoms with Crippen LogP contribution in [0.15, 0.2) is 24.3 Å². The number of rotatable bonds is 2. The van der Waals surface area contributed by atoms with E-state index in [4.69, 9.17) is 9.47 Å². The fourth-order valence-corrected chi connectivity index (χ4v) is 3.90. The molecule has 2 aliphatic rings. The lowest BCUT2D eigenvalue weighted by Crippen LogP contribution is -2.50. The molecule has 3 rings (SSSR count). The zero-order chi connectivity index (χ0) is 16.6. The number of hydrogen-bond donors (Lipinski definition) is 0. The van der Waals surface area contributed by atoms with Gasteiger partial charge in [-0.3, -0.25) is 0 Å². The number of ether oxygens (including phenoxy) is 2. The van der Waals surface area contributed by atoms with Crippen molar-refractivity contribution in [1.82, 2.24) is 4.90 Å². The van der Waals surface area contributed by atoms with Crippen molar-refractivity contribution in [2.24, 2.45) is 0 Å². The van der Waals surface area contributed by atoms with Gasteiger partial charge in [0.1, 0.15) is 17.5 Å². The average Bonchev–Trinajstić information content (AvgIpc) is 2.72. The Morgan fingerprint density at radius 1 is 1.13 bits per heavy atom. The molecule has 1 aromatic carbocycles. The van der Waals surface area contributed by atoms with Gasteiger partial charge in [-0.25, -0.2) is 4.79 Å². The number of benzene rings is 1. The first-order valence-electron chi connectivity index (χ1n) is 8.25. The monoisotopic (exact) mass is 429 g/mol. The van der Waals surface area contributed by atoms with Gasteiger partial charge in [0, 0.05) is 28.5 Å². The largest absolute Gasteiger partial charge is 0.490 e. The highest BCUT2D eigenvalue weighted by molar-refractivity contribution is 14.1. The van der Waals surface area contributed by atoms with Gasteiger partial charge in [-0.15, -0.1) is 0 Å². The smallest absolute Gasteiger partial charge is 0.410 e. The van der Waals surface area contributed by atoms with E-state index in [0.29, 0.717) is 0 Å². The Morgan fingerprint density at radius 3 is 2.22 bits per heavy atom. The normalized spacial score (nSPS) is 27.0. The molecule has 0 aliphatic carbocycles. The predicted molar refractivity (Wildman–Crippen MR) is 97.7 cm³/mol. The minimum atomic E-state index is -0.439. The molecule has 2 atom stereocenters. The minimum Gasteiger partial charge on any atom is -0.490 e. The van der Waals surface area contributed by atoms with Gasteiger partial charge in [-0.2, -0.15) is 0 Å². The molecule has 2 heterocycles. The minimum absolute atomic E-state index is 0.169. The maximum Gasteiger partial charge on any atom is 0.410 e. The van der Waals surface area contributed by atoms with Gasteiger partial charge in [-0.1, -0.05) is 0 Å². The Kier molecular flexibility index (Phi) is 4.76. The summed E-state index contributed by atoms with van der Waals surface area (Å²) in [6.07, 6.45) is 3.90. The second-order valence-electron chi connectivity index (χ2n) is 7.44. The first kappa shape index (κ1) is 16.9. The van der Waals surface area contributed by atoms with Crippen molar-refractivity contribution in [3.63, 3.8) is 0 Å². The molecule has 5 heteroatoms. The third-order valence-electron chi connectivity index (χ3n) is 4.41. The summed E-state index contributed by atoms with van der Waals surface area (Å²) in [7, 11) is 0. The second kappa shape index (κ2) is 6.49. The quantitative estimate of drug-likeness (QED) is 0.646. The summed E-state index contributed by atoms with van der Waals surface area (Å²) in [5.74, 6) is 0.917. The van der Waals surface area contributed by atoms with E-state index in [2.05, 4.69) is 34.7 Å². The highest BCUT2D eigenvalue weighted by Gasteiger charge is 2.45. The average molecular weight is 429 g/mol. The van der Waals surface area contributed by atoms with Gasteiger partial charge < -0.3 is 14.4 Å². The molecule has 2 bridgehead atoms. The summed E-state index contributed by atoms with van der Waals surface area (Å²) in [5.41, 5.74) is -0.439. The lowest BCUT2D eigenvalue weighted by Gasteiger charge is -2.39. The van der Waals surface area contributed by atoms with Crippen LogP contribution >= 0.6 is 22.6 Å². The first-order valence-corrected chi connectivity index (χ1v) is 9.33. The summed E-state index contributed by atoms with van der Waals surface area (Å²) in [6, 6.07) is 8.64. The Hall–Kier alpha value is -0.980. The number of halogens is 1. The van der Waals surface area contributed by atoms with Crippen molar-refractivity contribution >= 4 is 28.7 Å². The molecule has 2 fully saturated rings. The molecule has 0 spiro atoms. The number of carbonyl (C=O) groups is 1. The summed E-state index contributed by atoms with van der Waals surface area (Å²) < 4.78 is 12.9. The Bertz CT molecular complexity index is 553. The second-order valence-corrected chi connectivity index (χ2v) is 8.68. The third-order valence-corrected chi connectivity index (χ3v) is 5.13. The fraction of sp³-hybridized carbons (Fsp3) is 0.611. The van der Waals surface area contributed by atoms with Crippen LogP contribution < -0.4 is 4.74 Å². The van der Waals surface area contributed by atoms with Gasteiger partial charge in [0.25, 0.3) is 0 Å². The van der Waals surface area contributed by atoms with Crippen LogP contribution in [0.5, 0.6) is 5.75 Å². The van der Waals surface area contributed by atoms with Gasteiger partial charge in [0.15, 0.2) is 0 Å². The maximum atomic E-state index is 12.4. The number of carbonyl (C=O) groups excluding carboxylic acids is 1. The first-order chi connectivity index (χ1) is 10.8. The van der Waals surface area contributed by atoms with E-state index in [0.717, 1.165) is 31.4 Å². The predicted octanol–water partition coefficient (Wildman–Crippen LogP) is 4.60. The van der Waals surface area contributed by atoms with E-state index in [1.165, 1.54) is 3.57 Å². The highest BCUT2D eigenvalue weighted by Crippen LogP contribution is 2.38. The van der Waals surface area contributed by atoms with E-state index in [1.807, 2.05) is 37.8 Å². The Labute approximate surface area is 151 Å². The molecule has 23 heavy (non-hydrogen) atoms. The zero-order valence-corrected chi connectivity index (χ0v) is 16.1. The summed E-state index contributed by atoms with van der Waals surface area (Å²) >= 11 is 2.29. The number of nitrogens with zero attached hydrogens (tertiary/aromatic N) is 1. The SMILES string of the molecule is CC(C)(C)OC(=O)N1[C@H]2CC[C@H]1CC(Oc1ccc(I)cc1)C2. The van der Waals surface area contributed by atoms with Crippen molar-refractivity contribution in [3.8, 4) is 5.75 Å². The highest BCUT2D eigenvalue weighted by atomic mass is 127. The van der Waals surface area contributed by atoms with Crippen LogP contribution in [0, 0.1) is 3.57 Å². The lowest BCUT2D eigenvalue weighted by atomic mass is 10.00. The van der Waals surface area contributed by atoms with E-state index in [1.54, 1.807) is 0 Å². The summed E-state index contributed by atoms with van der Waals surface area (Å²) in [5, 5.41) is 0. The topological polar surface area (TPSA) is 38.8 Å². The molecule has 4 nitrogen and oxygen atoms in total. The standard InChI is InChI=1S/C18H24INO3/c1-18(2,3)23-17(21)20-13-6-7-14(20)11-16(10-13)22-15-8-4-12(19)5-9-15/h4-5,8-9,13-14,16H,6-7,10-11H2,1-3H3/t13-,14-/m0/s1. The molecular weight excluding hydrogens is 405 g/mol. The van der Waals surface area contributed by atoms with Crippen LogP contribution in [-0.4, -0.2) is 34.8 Å². The summed E-state index contributed by atoms with van der Waals surface area (Å²) in [4.78, 5) is 14.4. The molecule has 0 aromatic heterocycles. The van der Waals surface area contributed by atoms with Crippen molar-refractivity contribution < 1.29 is 14.3 Å². The molecule has 2 aliphatic heterocycles. The number of amides is 1. The molecule has 0 saturated carbocycles. The Balaban J connectivity index is 1.62. The molecule has 1 aromatic rings. The van der Waals surface area contributed by atoms with E-state index in [-0.39, 0.29) is 24.3 Å². The maximum absolute atomic E-state index is 12.4. The molecule has 2 saturated heterocycles. The van der Waals surface area contributed by atoms with E-state index < -0.39 is 5.60 Å². The molecule has 126 valence electrons. The zero-order valence-electron chi connectivity index (χ0n) is 13.9. The van der Waals surface area contributed by atoms with Crippen LogP contribution in [0.3, 0.4) is 0 Å². The summed E-state index contributed by atoms with van der Waals surface area (Å²) in [6.45, 7) is 5.75. The molecule has 0 unspecified atom stereocenters. The number of piperidine rings is 1. The van der Waals surface area contributed by atoms with Crippen molar-refractivity contribution in [3.05, 3.63) is 27.8 Å². The van der Waals surface area contributed by atoms with Crippen molar-refractivity contribution in [2.75, 3.05) is 0 Å². The van der Waals surface area contributed by atoms with E-state index >= 15 is 0 Å². The molecular formula is C18H24INO3. The third kappa shape index (κ3) is 4.11. The van der Waals surface area contributed by atoms with Gasteiger partial charge in [-0.05, 0) is 80.5 Å². The molecule has 0 radical (unpaired) electrons. The van der Waals surface area contributed by atoms with Crippen LogP contribution in [0.25, 0.3) is 0 Å². The van der Waals surface area contributed by atoms with Crippen molar-refractivity contribution in [2.45, 2.75) is 70.2 Å². The van der Waals surface area contributed by atoms with Crippen LogP contribution in [0.4, 0.5) is 4.79 Å². The van der Waals surface area contributed by atoms with Crippen LogP contribution in [0.2, 0.25) is 0 Å². The molecule has 0 N–H and O–H groups in total. The van der Waals surface area contributed by atoms with Gasteiger partial charge in [0.2, 0.25) is 0 Å². The Morgan fingerprint density at radius 2 is 1.70 bits per heavy atom. The number of fused-ring (bicyclic) bond motifs is 2. The van der Waals surface area contributed by atoms with Crippen molar-refractivity contribution in [1.29, 1.82) is 0 Å². The van der Waals surface area contributed by atoms with Gasteiger partial charge in [0.05, 0.1) is 0 Å². The lowest BCUT2D eigenvalue weighted by molar-refractivity contribution is -0.00707. The van der Waals surface area contributed by atoms with Gasteiger partial charge >= 0.3 is 6.09 Å². The van der Waals surface area contributed by atoms with E-state index in [9.17, 15) is 4.79 Å². The fourth-order valence-electron chi connectivity index (χ4n) is 3.54.